The van der Waals surface area contributed by atoms with Crippen molar-refractivity contribution in [2.24, 2.45) is 0 Å². The number of aromatic nitrogens is 2. The number of piperidine rings is 1. The lowest BCUT2D eigenvalue weighted by Gasteiger charge is -2.47. The number of rotatable bonds is 4. The van der Waals surface area contributed by atoms with Gasteiger partial charge >= 0.3 is 0 Å². The molecule has 202 valence electrons. The molecule has 10 nitrogen and oxygen atoms in total. The SMILES string of the molecule is C=CC(=O)N1CC(N2CCC(c3cc(C)c4c(c3)Nc3ncnc(N5CCS(=N)(=O)CC5)c3CO4)CC2)C1. The Hall–Kier alpha value is -3.18. The number of likely N-dealkylation sites (tertiary alicyclic amines) is 2. The van der Waals surface area contributed by atoms with E-state index >= 15 is 0 Å². The van der Waals surface area contributed by atoms with Crippen molar-refractivity contribution in [2.45, 2.75) is 38.3 Å². The van der Waals surface area contributed by atoms with E-state index in [1.165, 1.54) is 11.6 Å². The Labute approximate surface area is 224 Å². The number of anilines is 3. The fourth-order valence-corrected chi connectivity index (χ4v) is 7.28. The first kappa shape index (κ1) is 25.1. The number of benzene rings is 1. The van der Waals surface area contributed by atoms with Gasteiger partial charge in [0, 0.05) is 53.5 Å². The van der Waals surface area contributed by atoms with Gasteiger partial charge in [-0.25, -0.2) is 14.2 Å². The first-order chi connectivity index (χ1) is 18.3. The molecule has 0 bridgehead atoms. The van der Waals surface area contributed by atoms with E-state index < -0.39 is 9.73 Å². The molecular formula is C27H35N7O3S. The van der Waals surface area contributed by atoms with E-state index in [1.807, 2.05) is 4.90 Å². The van der Waals surface area contributed by atoms with E-state index in [0.717, 1.165) is 73.2 Å². The molecule has 0 saturated carbocycles. The van der Waals surface area contributed by atoms with Gasteiger partial charge in [0.25, 0.3) is 0 Å². The Bertz CT molecular complexity index is 1350. The quantitative estimate of drug-likeness (QED) is 0.573. The third-order valence-corrected chi connectivity index (χ3v) is 10.1. The van der Waals surface area contributed by atoms with Crippen molar-refractivity contribution in [3.05, 3.63) is 47.8 Å². The lowest BCUT2D eigenvalue weighted by atomic mass is 9.87. The van der Waals surface area contributed by atoms with Crippen LogP contribution in [-0.4, -0.2) is 86.7 Å². The van der Waals surface area contributed by atoms with Crippen molar-refractivity contribution >= 4 is 33.0 Å². The number of aryl methyl sites for hydroxylation is 1. The molecule has 1 amide bonds. The number of fused-ring (bicyclic) bond motifs is 2. The van der Waals surface area contributed by atoms with Gasteiger partial charge in [0.05, 0.1) is 11.3 Å². The molecule has 5 heterocycles. The van der Waals surface area contributed by atoms with Gasteiger partial charge in [-0.15, -0.1) is 0 Å². The normalized spacial score (nSPS) is 21.8. The zero-order chi connectivity index (χ0) is 26.4. The summed E-state index contributed by atoms with van der Waals surface area (Å²) < 4.78 is 26.4. The highest BCUT2D eigenvalue weighted by atomic mass is 32.2. The minimum Gasteiger partial charge on any atom is -0.486 e. The minimum absolute atomic E-state index is 0.0274. The van der Waals surface area contributed by atoms with Gasteiger partial charge in [-0.1, -0.05) is 12.6 Å². The average molecular weight is 538 g/mol. The highest BCUT2D eigenvalue weighted by molar-refractivity contribution is 7.92. The van der Waals surface area contributed by atoms with Gasteiger partial charge in [-0.3, -0.25) is 14.5 Å². The number of carbonyl (C=O) groups excluding carboxylic acids is 1. The molecule has 38 heavy (non-hydrogen) atoms. The highest BCUT2D eigenvalue weighted by Gasteiger charge is 2.36. The number of ether oxygens (including phenoxy) is 1. The number of hydrogen-bond donors (Lipinski definition) is 2. The van der Waals surface area contributed by atoms with Crippen molar-refractivity contribution in [2.75, 3.05) is 61.0 Å². The second-order valence-corrected chi connectivity index (χ2v) is 13.2. The molecule has 3 fully saturated rings. The van der Waals surface area contributed by atoms with Crippen molar-refractivity contribution < 1.29 is 13.7 Å². The number of nitrogens with zero attached hydrogens (tertiary/aromatic N) is 5. The third kappa shape index (κ3) is 4.73. The molecule has 4 aliphatic heterocycles. The largest absolute Gasteiger partial charge is 0.486 e. The van der Waals surface area contributed by atoms with Crippen LogP contribution >= 0.6 is 0 Å². The monoisotopic (exact) mass is 537 g/mol. The standard InChI is InChI=1S/C27H35N7O3S/c1-3-24(35)34-14-21(15-34)32-6-4-19(5-7-32)20-12-18(2)25-23(13-20)31-26-22(16-37-25)27(30-17-29-26)33-8-10-38(28,36)11-9-33/h3,12-13,17,19,21,28H,1,4-11,14-16H2,2H3,(H,29,30,31). The van der Waals surface area contributed by atoms with Gasteiger partial charge in [0.1, 0.15) is 30.3 Å². The molecule has 0 spiro atoms. The van der Waals surface area contributed by atoms with Crippen molar-refractivity contribution in [1.82, 2.24) is 19.8 Å². The summed E-state index contributed by atoms with van der Waals surface area (Å²) in [6, 6.07) is 4.93. The van der Waals surface area contributed by atoms with Crippen LogP contribution in [0.15, 0.2) is 31.1 Å². The van der Waals surface area contributed by atoms with Crippen molar-refractivity contribution in [3.63, 3.8) is 0 Å². The van der Waals surface area contributed by atoms with Gasteiger partial charge in [0.15, 0.2) is 0 Å². The van der Waals surface area contributed by atoms with E-state index in [1.54, 1.807) is 6.33 Å². The smallest absolute Gasteiger partial charge is 0.246 e. The Morgan fingerprint density at radius 1 is 1.18 bits per heavy atom. The van der Waals surface area contributed by atoms with E-state index in [0.29, 0.717) is 43.2 Å². The summed E-state index contributed by atoms with van der Waals surface area (Å²) >= 11 is 0. The molecule has 1 aromatic carbocycles. The Balaban J connectivity index is 1.16. The molecule has 6 rings (SSSR count). The number of nitrogens with one attached hydrogen (secondary N) is 2. The van der Waals surface area contributed by atoms with Crippen LogP contribution in [0.5, 0.6) is 5.75 Å². The maximum atomic E-state index is 12.1. The van der Waals surface area contributed by atoms with E-state index in [4.69, 9.17) is 9.52 Å². The van der Waals surface area contributed by atoms with Crippen molar-refractivity contribution in [1.29, 1.82) is 4.78 Å². The van der Waals surface area contributed by atoms with Crippen LogP contribution in [0.4, 0.5) is 17.3 Å². The van der Waals surface area contributed by atoms with Gasteiger partial charge in [-0.05, 0) is 62.0 Å². The molecule has 0 atom stereocenters. The van der Waals surface area contributed by atoms with Crippen LogP contribution in [-0.2, 0) is 21.1 Å². The third-order valence-electron chi connectivity index (χ3n) is 8.38. The molecule has 3 saturated heterocycles. The van der Waals surface area contributed by atoms with Gasteiger partial charge in [0.2, 0.25) is 5.91 Å². The lowest BCUT2D eigenvalue weighted by molar-refractivity contribution is -0.133. The Morgan fingerprint density at radius 3 is 2.63 bits per heavy atom. The van der Waals surface area contributed by atoms with E-state index in [2.05, 4.69) is 50.7 Å². The maximum Gasteiger partial charge on any atom is 0.246 e. The molecule has 2 N–H and O–H groups in total. The highest BCUT2D eigenvalue weighted by Crippen LogP contribution is 2.41. The summed E-state index contributed by atoms with van der Waals surface area (Å²) in [5.41, 5.74) is 4.23. The van der Waals surface area contributed by atoms with Crippen LogP contribution in [0.3, 0.4) is 0 Å². The summed E-state index contributed by atoms with van der Waals surface area (Å²) in [6.45, 7) is 10.8. The van der Waals surface area contributed by atoms with Gasteiger partial charge < -0.3 is 19.9 Å². The zero-order valence-corrected chi connectivity index (χ0v) is 22.6. The fraction of sp³-hybridized carbons (Fsp3) is 0.519. The maximum absolute atomic E-state index is 12.1. The predicted octanol–water partition coefficient (Wildman–Crippen LogP) is 2.86. The molecule has 4 aliphatic rings. The first-order valence-electron chi connectivity index (χ1n) is 13.3. The van der Waals surface area contributed by atoms with E-state index in [-0.39, 0.29) is 5.91 Å². The van der Waals surface area contributed by atoms with Gasteiger partial charge in [-0.2, -0.15) is 0 Å². The minimum atomic E-state index is -2.48. The molecule has 1 aromatic heterocycles. The second-order valence-electron chi connectivity index (χ2n) is 10.8. The fourth-order valence-electron chi connectivity index (χ4n) is 6.04. The Kier molecular flexibility index (Phi) is 6.51. The lowest BCUT2D eigenvalue weighted by Crippen LogP contribution is -2.61. The number of amides is 1. The molecule has 0 unspecified atom stereocenters. The summed E-state index contributed by atoms with van der Waals surface area (Å²) in [6.07, 6.45) is 5.14. The molecule has 0 radical (unpaired) electrons. The molecular weight excluding hydrogens is 502 g/mol. The summed E-state index contributed by atoms with van der Waals surface area (Å²) in [7, 11) is -2.48. The van der Waals surface area contributed by atoms with Crippen molar-refractivity contribution in [3.8, 4) is 5.75 Å². The summed E-state index contributed by atoms with van der Waals surface area (Å²) in [5, 5.41) is 3.53. The van der Waals surface area contributed by atoms with Crippen LogP contribution < -0.4 is 15.0 Å². The van der Waals surface area contributed by atoms with Crippen LogP contribution in [0.25, 0.3) is 0 Å². The molecule has 2 aromatic rings. The molecule has 11 heteroatoms. The van der Waals surface area contributed by atoms with Crippen LogP contribution in [0, 0.1) is 11.7 Å². The predicted molar refractivity (Wildman–Crippen MR) is 148 cm³/mol. The Morgan fingerprint density at radius 2 is 1.92 bits per heavy atom. The van der Waals surface area contributed by atoms with Crippen LogP contribution in [0.2, 0.25) is 0 Å². The number of carbonyl (C=O) groups is 1. The second kappa shape index (κ2) is 9.85. The summed E-state index contributed by atoms with van der Waals surface area (Å²) in [5.74, 6) is 3.57. The first-order valence-corrected chi connectivity index (χ1v) is 15.2. The topological polar surface area (TPSA) is 115 Å². The zero-order valence-electron chi connectivity index (χ0n) is 21.8. The molecule has 0 aliphatic carbocycles. The number of hydrogen-bond acceptors (Lipinski definition) is 9. The average Bonchev–Trinajstić information content (AvgIpc) is 3.08. The van der Waals surface area contributed by atoms with Crippen LogP contribution in [0.1, 0.15) is 35.4 Å². The summed E-state index contributed by atoms with van der Waals surface area (Å²) in [4.78, 5) is 27.3. The van der Waals surface area contributed by atoms with E-state index in [9.17, 15) is 9.00 Å².